The molecule has 0 fully saturated rings. The highest BCUT2D eigenvalue weighted by Crippen LogP contribution is 2.38. The molecule has 132 valence electrons. The average Bonchev–Trinajstić information content (AvgIpc) is 2.62. The van der Waals surface area contributed by atoms with E-state index in [-0.39, 0.29) is 17.9 Å². The smallest absolute Gasteiger partial charge is 0.258 e. The predicted octanol–water partition coefficient (Wildman–Crippen LogP) is 2.53. The van der Waals surface area contributed by atoms with E-state index in [2.05, 4.69) is 15.3 Å². The zero-order valence-corrected chi connectivity index (χ0v) is 14.3. The molecule has 7 nitrogen and oxygen atoms in total. The van der Waals surface area contributed by atoms with Gasteiger partial charge in [-0.1, -0.05) is 11.6 Å². The Morgan fingerprint density at radius 1 is 1.23 bits per heavy atom. The Balaban J connectivity index is 1.53. The summed E-state index contributed by atoms with van der Waals surface area (Å²) in [6, 6.07) is 8.40. The molecular formula is C18H14ClN3O4. The van der Waals surface area contributed by atoms with Crippen molar-refractivity contribution in [1.82, 2.24) is 9.97 Å². The molecule has 0 spiro atoms. The molecule has 2 heterocycles. The average molecular weight is 372 g/mol. The van der Waals surface area contributed by atoms with Crippen LogP contribution in [0.25, 0.3) is 10.9 Å². The van der Waals surface area contributed by atoms with E-state index in [0.717, 1.165) is 0 Å². The van der Waals surface area contributed by atoms with Crippen molar-refractivity contribution in [3.63, 3.8) is 0 Å². The largest absolute Gasteiger partial charge is 0.486 e. The predicted molar refractivity (Wildman–Crippen MR) is 97.1 cm³/mol. The maximum Gasteiger partial charge on any atom is 0.258 e. The van der Waals surface area contributed by atoms with E-state index in [1.807, 2.05) is 0 Å². The van der Waals surface area contributed by atoms with Crippen molar-refractivity contribution in [3.05, 3.63) is 57.6 Å². The summed E-state index contributed by atoms with van der Waals surface area (Å²) < 4.78 is 11.0. The molecule has 4 rings (SSSR count). The van der Waals surface area contributed by atoms with Crippen LogP contribution in [0.5, 0.6) is 11.5 Å². The highest BCUT2D eigenvalue weighted by molar-refractivity contribution is 6.32. The summed E-state index contributed by atoms with van der Waals surface area (Å²) in [4.78, 5) is 30.8. The van der Waals surface area contributed by atoms with E-state index < -0.39 is 0 Å². The lowest BCUT2D eigenvalue weighted by Crippen LogP contribution is -2.17. The van der Waals surface area contributed by atoms with E-state index in [0.29, 0.717) is 51.9 Å². The van der Waals surface area contributed by atoms with Crippen molar-refractivity contribution in [2.75, 3.05) is 18.5 Å². The second-order valence-corrected chi connectivity index (χ2v) is 6.20. The topological polar surface area (TPSA) is 93.3 Å². The number of carbonyl (C=O) groups is 1. The monoisotopic (exact) mass is 371 g/mol. The van der Waals surface area contributed by atoms with Crippen LogP contribution < -0.4 is 20.3 Å². The minimum atomic E-state index is -0.260. The van der Waals surface area contributed by atoms with Gasteiger partial charge in [0.05, 0.1) is 28.7 Å². The van der Waals surface area contributed by atoms with Crippen molar-refractivity contribution in [2.24, 2.45) is 0 Å². The molecule has 2 aromatic carbocycles. The second kappa shape index (κ2) is 6.68. The van der Waals surface area contributed by atoms with Crippen LogP contribution in [0.15, 0.2) is 41.5 Å². The van der Waals surface area contributed by atoms with Crippen LogP contribution in [0.3, 0.4) is 0 Å². The Bertz CT molecular complexity index is 1060. The van der Waals surface area contributed by atoms with Gasteiger partial charge in [-0.15, -0.1) is 0 Å². The molecule has 0 radical (unpaired) electrons. The van der Waals surface area contributed by atoms with Gasteiger partial charge in [-0.05, 0) is 35.9 Å². The summed E-state index contributed by atoms with van der Waals surface area (Å²) >= 11 is 6.19. The standard InChI is InChI=1S/C18H14ClN3O4/c19-13-5-10(6-15-17(13)26-4-3-25-15)7-16(23)22-11-1-2-14-12(8-11)18(24)21-9-20-14/h1-2,5-6,8-9H,3-4,7H2,(H,22,23)(H,20,21,24). The number of benzene rings is 2. The third kappa shape index (κ3) is 3.21. The number of amides is 1. The lowest BCUT2D eigenvalue weighted by atomic mass is 10.1. The highest BCUT2D eigenvalue weighted by Gasteiger charge is 2.17. The molecule has 0 bridgehead atoms. The molecule has 3 aromatic rings. The van der Waals surface area contributed by atoms with Crippen LogP contribution in [-0.2, 0) is 11.2 Å². The van der Waals surface area contributed by atoms with Gasteiger partial charge in [-0.3, -0.25) is 9.59 Å². The van der Waals surface area contributed by atoms with E-state index >= 15 is 0 Å². The lowest BCUT2D eigenvalue weighted by Gasteiger charge is -2.20. The fourth-order valence-corrected chi connectivity index (χ4v) is 3.09. The van der Waals surface area contributed by atoms with Gasteiger partial charge in [0, 0.05) is 5.69 Å². The van der Waals surface area contributed by atoms with Crippen LogP contribution in [0.1, 0.15) is 5.56 Å². The highest BCUT2D eigenvalue weighted by atomic mass is 35.5. The van der Waals surface area contributed by atoms with Crippen molar-refractivity contribution >= 4 is 34.1 Å². The number of aromatic nitrogens is 2. The molecule has 26 heavy (non-hydrogen) atoms. The molecule has 0 atom stereocenters. The summed E-state index contributed by atoms with van der Waals surface area (Å²) in [5.41, 5.74) is 1.52. The van der Waals surface area contributed by atoms with Gasteiger partial charge < -0.3 is 19.8 Å². The fraction of sp³-hybridized carbons (Fsp3) is 0.167. The Hall–Kier alpha value is -3.06. The van der Waals surface area contributed by atoms with E-state index in [1.165, 1.54) is 6.33 Å². The van der Waals surface area contributed by atoms with Crippen molar-refractivity contribution in [3.8, 4) is 11.5 Å². The minimum absolute atomic E-state index is 0.109. The number of ether oxygens (including phenoxy) is 2. The first-order valence-corrected chi connectivity index (χ1v) is 8.33. The molecule has 2 N–H and O–H groups in total. The Kier molecular flexibility index (Phi) is 4.22. The molecule has 1 aliphatic heterocycles. The fourth-order valence-electron chi connectivity index (χ4n) is 2.80. The molecule has 0 saturated carbocycles. The molecule has 8 heteroatoms. The van der Waals surface area contributed by atoms with Crippen molar-refractivity contribution < 1.29 is 14.3 Å². The third-order valence-corrected chi connectivity index (χ3v) is 4.23. The van der Waals surface area contributed by atoms with Gasteiger partial charge in [0.2, 0.25) is 5.91 Å². The number of H-pyrrole nitrogens is 1. The van der Waals surface area contributed by atoms with Gasteiger partial charge in [-0.25, -0.2) is 4.98 Å². The Morgan fingerprint density at radius 2 is 2.08 bits per heavy atom. The quantitative estimate of drug-likeness (QED) is 0.738. The summed E-state index contributed by atoms with van der Waals surface area (Å²) in [6.07, 6.45) is 1.45. The maximum atomic E-state index is 12.4. The van der Waals surface area contributed by atoms with Gasteiger partial charge in [-0.2, -0.15) is 0 Å². The number of carbonyl (C=O) groups excluding carboxylic acids is 1. The van der Waals surface area contributed by atoms with Crippen LogP contribution in [0.4, 0.5) is 5.69 Å². The number of anilines is 1. The van der Waals surface area contributed by atoms with Gasteiger partial charge in [0.25, 0.3) is 5.56 Å². The summed E-state index contributed by atoms with van der Waals surface area (Å²) in [5, 5.41) is 3.60. The summed E-state index contributed by atoms with van der Waals surface area (Å²) in [5.74, 6) is 0.801. The Labute approximate surface area is 152 Å². The number of nitrogens with one attached hydrogen (secondary N) is 2. The number of hydrogen-bond acceptors (Lipinski definition) is 5. The molecule has 0 aliphatic carbocycles. The van der Waals surface area contributed by atoms with E-state index in [9.17, 15) is 9.59 Å². The lowest BCUT2D eigenvalue weighted by molar-refractivity contribution is -0.115. The number of halogens is 1. The number of aromatic amines is 1. The minimum Gasteiger partial charge on any atom is -0.486 e. The molecular weight excluding hydrogens is 358 g/mol. The van der Waals surface area contributed by atoms with Crippen molar-refractivity contribution in [2.45, 2.75) is 6.42 Å². The Morgan fingerprint density at radius 3 is 2.96 bits per heavy atom. The maximum absolute atomic E-state index is 12.4. The van der Waals surface area contributed by atoms with Crippen LogP contribution in [0, 0.1) is 0 Å². The zero-order valence-electron chi connectivity index (χ0n) is 13.5. The van der Waals surface area contributed by atoms with Crippen LogP contribution in [0.2, 0.25) is 5.02 Å². The van der Waals surface area contributed by atoms with Crippen molar-refractivity contribution in [1.29, 1.82) is 0 Å². The first kappa shape index (κ1) is 16.4. The van der Waals surface area contributed by atoms with E-state index in [4.69, 9.17) is 21.1 Å². The first-order chi connectivity index (χ1) is 12.6. The second-order valence-electron chi connectivity index (χ2n) is 5.79. The number of hydrogen-bond donors (Lipinski definition) is 2. The van der Waals surface area contributed by atoms with Crippen LogP contribution >= 0.6 is 11.6 Å². The SMILES string of the molecule is O=C(Cc1cc(Cl)c2c(c1)OCCO2)Nc1ccc2nc[nH]c(=O)c2c1. The molecule has 0 unspecified atom stereocenters. The molecule has 0 saturated heterocycles. The number of nitrogens with zero attached hydrogens (tertiary/aromatic N) is 1. The van der Waals surface area contributed by atoms with Gasteiger partial charge >= 0.3 is 0 Å². The first-order valence-electron chi connectivity index (χ1n) is 7.95. The molecule has 1 amide bonds. The molecule has 1 aromatic heterocycles. The summed E-state index contributed by atoms with van der Waals surface area (Å²) in [6.45, 7) is 0.890. The number of fused-ring (bicyclic) bond motifs is 2. The normalized spacial score (nSPS) is 12.8. The van der Waals surface area contributed by atoms with Gasteiger partial charge in [0.1, 0.15) is 13.2 Å². The van der Waals surface area contributed by atoms with Gasteiger partial charge in [0.15, 0.2) is 11.5 Å². The molecule has 1 aliphatic rings. The summed E-state index contributed by atoms with van der Waals surface area (Å²) in [7, 11) is 0. The third-order valence-electron chi connectivity index (χ3n) is 3.95. The zero-order chi connectivity index (χ0) is 18.1. The van der Waals surface area contributed by atoms with E-state index in [1.54, 1.807) is 30.3 Å². The van der Waals surface area contributed by atoms with Crippen LogP contribution in [-0.4, -0.2) is 29.1 Å². The number of rotatable bonds is 3.